The zero-order valence-corrected chi connectivity index (χ0v) is 15.9. The Morgan fingerprint density at radius 1 is 1.15 bits per heavy atom. The lowest BCUT2D eigenvalue weighted by Gasteiger charge is -2.44. The van der Waals surface area contributed by atoms with Crippen molar-refractivity contribution in [3.63, 3.8) is 0 Å². The molecule has 150 valence electrons. The monoisotopic (exact) mass is 384 g/mol. The molecule has 1 saturated heterocycles. The highest BCUT2D eigenvalue weighted by Crippen LogP contribution is 2.27. The van der Waals surface area contributed by atoms with Crippen LogP contribution < -0.4 is 0 Å². The van der Waals surface area contributed by atoms with E-state index in [0.29, 0.717) is 18.0 Å². The van der Waals surface area contributed by atoms with Crippen molar-refractivity contribution < 1.29 is 17.9 Å². The van der Waals surface area contributed by atoms with Gasteiger partial charge in [-0.05, 0) is 37.5 Å². The van der Waals surface area contributed by atoms with Crippen LogP contribution in [0.25, 0.3) is 0 Å². The molecular weight excluding hydrogens is 357 g/mol. The van der Waals surface area contributed by atoms with Crippen LogP contribution in [0.15, 0.2) is 66.5 Å². The minimum atomic E-state index is -4.48. The van der Waals surface area contributed by atoms with Crippen LogP contribution in [0.3, 0.4) is 0 Å². The quantitative estimate of drug-likeness (QED) is 0.255. The van der Waals surface area contributed by atoms with E-state index in [0.717, 1.165) is 25.3 Å². The molecule has 1 atom stereocenters. The molecule has 0 spiro atoms. The predicted molar refractivity (Wildman–Crippen MR) is 102 cm³/mol. The van der Waals surface area contributed by atoms with Gasteiger partial charge in [0.2, 0.25) is 0 Å². The summed E-state index contributed by atoms with van der Waals surface area (Å²) >= 11 is 0. The molecule has 0 amide bonds. The number of alkyl halides is 3. The van der Waals surface area contributed by atoms with E-state index in [1.165, 1.54) is 18.5 Å². The van der Waals surface area contributed by atoms with E-state index in [9.17, 15) is 13.2 Å². The fourth-order valence-corrected chi connectivity index (χ4v) is 2.28. The maximum Gasteiger partial charge on any atom is 0.415 e. The lowest BCUT2D eigenvalue weighted by Crippen LogP contribution is -2.53. The van der Waals surface area contributed by atoms with Crippen molar-refractivity contribution in [3.05, 3.63) is 61.5 Å². The summed E-state index contributed by atoms with van der Waals surface area (Å²) in [6, 6.07) is 0. The average molecular weight is 384 g/mol. The topological polar surface area (TPSA) is 31.3 Å². The number of nitrogens with zero attached hydrogens (tertiary/aromatic N) is 4. The summed E-state index contributed by atoms with van der Waals surface area (Å²) in [7, 11) is 3.47. The van der Waals surface area contributed by atoms with E-state index in [1.807, 2.05) is 0 Å². The van der Waals surface area contributed by atoms with Gasteiger partial charge in [-0.25, -0.2) is 4.99 Å². The third-order valence-electron chi connectivity index (χ3n) is 3.96. The van der Waals surface area contributed by atoms with Crippen LogP contribution in [0, 0.1) is 0 Å². The number of rotatable bonds is 9. The number of hydrazine groups is 2. The molecule has 0 bridgehead atoms. The first kappa shape index (κ1) is 22.7. The molecule has 0 aliphatic carbocycles. The number of hydrogen-bond acceptors (Lipinski definition) is 4. The Kier molecular flexibility index (Phi) is 8.52. The lowest BCUT2D eigenvalue weighted by molar-refractivity contribution is -0.199. The van der Waals surface area contributed by atoms with Crippen LogP contribution >= 0.6 is 0 Å². The van der Waals surface area contributed by atoms with Gasteiger partial charge in [0, 0.05) is 32.0 Å². The van der Waals surface area contributed by atoms with E-state index in [1.54, 1.807) is 29.2 Å². The average Bonchev–Trinajstić information content (AvgIpc) is 2.63. The zero-order chi connectivity index (χ0) is 20.6. The van der Waals surface area contributed by atoms with Gasteiger partial charge in [-0.2, -0.15) is 13.2 Å². The fourth-order valence-electron chi connectivity index (χ4n) is 2.28. The molecule has 1 rings (SSSR count). The molecule has 0 aromatic carbocycles. The van der Waals surface area contributed by atoms with Gasteiger partial charge in [-0.3, -0.25) is 10.0 Å². The van der Waals surface area contributed by atoms with Crippen LogP contribution in [-0.4, -0.2) is 54.6 Å². The molecule has 0 aromatic heterocycles. The van der Waals surface area contributed by atoms with Crippen molar-refractivity contribution in [1.29, 1.82) is 0 Å². The second-order valence-corrected chi connectivity index (χ2v) is 6.02. The van der Waals surface area contributed by atoms with Gasteiger partial charge < -0.3 is 4.74 Å². The van der Waals surface area contributed by atoms with Gasteiger partial charge in [-0.15, -0.1) is 5.12 Å². The Hall–Kier alpha value is -2.32. The van der Waals surface area contributed by atoms with Gasteiger partial charge >= 0.3 is 6.18 Å². The Balaban J connectivity index is 3.01. The minimum absolute atomic E-state index is 0.331. The summed E-state index contributed by atoms with van der Waals surface area (Å²) in [5.41, 5.74) is -0.137. The molecule has 0 saturated carbocycles. The third-order valence-corrected chi connectivity index (χ3v) is 3.96. The van der Waals surface area contributed by atoms with Crippen LogP contribution in [0.4, 0.5) is 13.2 Å². The Morgan fingerprint density at radius 3 is 2.33 bits per heavy atom. The number of hydrogen-bond donors (Lipinski definition) is 0. The summed E-state index contributed by atoms with van der Waals surface area (Å²) in [5, 5.41) is 4.99. The molecule has 1 aliphatic rings. The predicted octanol–water partition coefficient (Wildman–Crippen LogP) is 4.43. The van der Waals surface area contributed by atoms with Crippen molar-refractivity contribution in [2.24, 2.45) is 4.99 Å². The summed E-state index contributed by atoms with van der Waals surface area (Å²) in [5.74, 6) is 0. The molecule has 27 heavy (non-hydrogen) atoms. The van der Waals surface area contributed by atoms with Crippen LogP contribution in [0.1, 0.15) is 19.3 Å². The largest absolute Gasteiger partial charge is 0.415 e. The SMILES string of the molecule is C=CC(=C)N=CN(C)N(C)N(C(=C)/C=C\C(=C)C(F)(F)F)C1CCCCO1. The molecule has 1 fully saturated rings. The smallest absolute Gasteiger partial charge is 0.357 e. The van der Waals surface area contributed by atoms with Crippen molar-refractivity contribution >= 4 is 6.34 Å². The van der Waals surface area contributed by atoms with Gasteiger partial charge in [0.1, 0.15) is 12.6 Å². The number of aliphatic imine (C=N–C) groups is 1. The molecule has 0 radical (unpaired) electrons. The van der Waals surface area contributed by atoms with E-state index < -0.39 is 11.7 Å². The van der Waals surface area contributed by atoms with Crippen LogP contribution in [0.5, 0.6) is 0 Å². The van der Waals surface area contributed by atoms with Crippen molar-refractivity contribution in [3.8, 4) is 0 Å². The molecule has 0 N–H and O–H groups in total. The van der Waals surface area contributed by atoms with Gasteiger partial charge in [-0.1, -0.05) is 26.3 Å². The Morgan fingerprint density at radius 2 is 1.81 bits per heavy atom. The maximum absolute atomic E-state index is 12.7. The number of allylic oxidation sites excluding steroid dienone is 4. The van der Waals surface area contributed by atoms with Gasteiger partial charge in [0.15, 0.2) is 0 Å². The van der Waals surface area contributed by atoms with Gasteiger partial charge in [0.05, 0.1) is 5.70 Å². The minimum Gasteiger partial charge on any atom is -0.357 e. The second kappa shape index (κ2) is 10.1. The molecule has 8 heteroatoms. The van der Waals surface area contributed by atoms with Crippen molar-refractivity contribution in [2.45, 2.75) is 31.7 Å². The highest BCUT2D eigenvalue weighted by Gasteiger charge is 2.31. The molecule has 1 unspecified atom stereocenters. The van der Waals surface area contributed by atoms with Gasteiger partial charge in [0.25, 0.3) is 0 Å². The first-order valence-electron chi connectivity index (χ1n) is 8.43. The number of halogens is 3. The van der Waals surface area contributed by atoms with E-state index in [2.05, 4.69) is 31.3 Å². The first-order valence-corrected chi connectivity index (χ1v) is 8.43. The second-order valence-electron chi connectivity index (χ2n) is 6.02. The number of ether oxygens (including phenoxy) is 1. The third kappa shape index (κ3) is 7.07. The van der Waals surface area contributed by atoms with Crippen LogP contribution in [-0.2, 0) is 4.74 Å². The van der Waals surface area contributed by atoms with E-state index in [-0.39, 0.29) is 6.23 Å². The van der Waals surface area contributed by atoms with Crippen molar-refractivity contribution in [1.82, 2.24) is 15.1 Å². The normalized spacial score (nSPS) is 18.1. The first-order chi connectivity index (χ1) is 12.6. The molecular formula is C19H27F3N4O. The van der Waals surface area contributed by atoms with Crippen molar-refractivity contribution in [2.75, 3.05) is 20.7 Å². The van der Waals surface area contributed by atoms with E-state index >= 15 is 0 Å². The highest BCUT2D eigenvalue weighted by atomic mass is 19.4. The Labute approximate surface area is 159 Å². The maximum atomic E-state index is 12.7. The lowest BCUT2D eigenvalue weighted by atomic mass is 10.1. The molecule has 1 heterocycles. The standard InChI is InChI=1S/C19H27F3N4O/c1-7-16(3)23-14-24(5)25(6)26(18-10-8-9-13-27-18)17(4)12-11-15(2)19(20,21)22/h7,11-12,14,18H,1-4,8-10,13H2,5-6H3/b12-11-,23-14?. The highest BCUT2D eigenvalue weighted by molar-refractivity contribution is 5.56. The van der Waals surface area contributed by atoms with E-state index in [4.69, 9.17) is 4.74 Å². The fraction of sp³-hybridized carbons (Fsp3) is 0.421. The summed E-state index contributed by atoms with van der Waals surface area (Å²) in [6.45, 7) is 14.8. The molecule has 5 nitrogen and oxygen atoms in total. The summed E-state index contributed by atoms with van der Waals surface area (Å²) in [4.78, 5) is 4.13. The molecule has 1 aliphatic heterocycles. The molecule has 0 aromatic rings. The zero-order valence-electron chi connectivity index (χ0n) is 15.9. The Bertz CT molecular complexity index is 619. The summed E-state index contributed by atoms with van der Waals surface area (Å²) < 4.78 is 43.8. The summed E-state index contributed by atoms with van der Waals surface area (Å²) in [6.07, 6.45) is 2.99. The van der Waals surface area contributed by atoms with Crippen LogP contribution in [0.2, 0.25) is 0 Å².